The van der Waals surface area contributed by atoms with Crippen molar-refractivity contribution < 1.29 is 14.3 Å². The molecule has 0 aromatic heterocycles. The molecule has 0 heterocycles. The predicted molar refractivity (Wildman–Crippen MR) is 62.2 cm³/mol. The van der Waals surface area contributed by atoms with Gasteiger partial charge in [0, 0.05) is 24.6 Å². The largest absolute Gasteiger partial charge is 0.469 e. The van der Waals surface area contributed by atoms with Crippen LogP contribution in [0.4, 0.5) is 0 Å². The van der Waals surface area contributed by atoms with Crippen LogP contribution in [0, 0.1) is 5.41 Å². The van der Waals surface area contributed by atoms with Crippen LogP contribution >= 0.6 is 0 Å². The minimum Gasteiger partial charge on any atom is -0.469 e. The number of hydrogen-bond donors (Lipinski definition) is 1. The number of hydrogen-bond acceptors (Lipinski definition) is 4. The Kier molecular flexibility index (Phi) is 4.74. The van der Waals surface area contributed by atoms with Gasteiger partial charge in [0.15, 0.2) is 0 Å². The van der Waals surface area contributed by atoms with E-state index in [1.54, 1.807) is 0 Å². The zero-order chi connectivity index (χ0) is 12.2. The highest BCUT2D eigenvalue weighted by atomic mass is 16.5. The van der Waals surface area contributed by atoms with Crippen LogP contribution in [0.3, 0.4) is 0 Å². The molecule has 0 amide bonds. The van der Waals surface area contributed by atoms with Crippen molar-refractivity contribution >= 4 is 5.97 Å². The van der Waals surface area contributed by atoms with E-state index in [1.165, 1.54) is 7.11 Å². The summed E-state index contributed by atoms with van der Waals surface area (Å²) in [5.74, 6) is -0.161. The van der Waals surface area contributed by atoms with Crippen molar-refractivity contribution in [3.63, 3.8) is 0 Å². The third kappa shape index (κ3) is 2.95. The maximum absolute atomic E-state index is 10.9. The summed E-state index contributed by atoms with van der Waals surface area (Å²) in [4.78, 5) is 10.9. The van der Waals surface area contributed by atoms with E-state index < -0.39 is 0 Å². The van der Waals surface area contributed by atoms with Gasteiger partial charge in [-0.1, -0.05) is 13.8 Å². The highest BCUT2D eigenvalue weighted by Gasteiger charge is 2.48. The highest BCUT2D eigenvalue weighted by Crippen LogP contribution is 2.42. The van der Waals surface area contributed by atoms with Gasteiger partial charge >= 0.3 is 5.97 Å². The number of methoxy groups -OCH3 is 1. The predicted octanol–water partition coefficient (Wildman–Crippen LogP) is 1.34. The standard InChI is InChI=1S/C12H23NO3/c1-5-16-10-8-9(12(10,2)3)13-7-6-11(14)15-4/h9-10,13H,5-8H2,1-4H3. The van der Waals surface area contributed by atoms with E-state index in [4.69, 9.17) is 4.74 Å². The second kappa shape index (κ2) is 5.64. The number of rotatable bonds is 6. The molecule has 0 aromatic rings. The molecule has 0 saturated heterocycles. The van der Waals surface area contributed by atoms with Gasteiger partial charge < -0.3 is 14.8 Å². The molecule has 2 unspecified atom stereocenters. The Morgan fingerprint density at radius 3 is 2.69 bits per heavy atom. The lowest BCUT2D eigenvalue weighted by Crippen LogP contribution is -2.61. The maximum Gasteiger partial charge on any atom is 0.306 e. The number of carbonyl (C=O) groups excluding carboxylic acids is 1. The summed E-state index contributed by atoms with van der Waals surface area (Å²) in [6.45, 7) is 7.87. The zero-order valence-corrected chi connectivity index (χ0v) is 10.7. The Morgan fingerprint density at radius 2 is 2.19 bits per heavy atom. The molecule has 4 nitrogen and oxygen atoms in total. The van der Waals surface area contributed by atoms with Crippen molar-refractivity contribution in [3.8, 4) is 0 Å². The average Bonchev–Trinajstić information content (AvgIpc) is 2.26. The molecule has 0 spiro atoms. The van der Waals surface area contributed by atoms with Crippen molar-refractivity contribution in [1.82, 2.24) is 5.32 Å². The fraction of sp³-hybridized carbons (Fsp3) is 0.917. The van der Waals surface area contributed by atoms with E-state index in [-0.39, 0.29) is 11.4 Å². The van der Waals surface area contributed by atoms with Gasteiger partial charge in [-0.2, -0.15) is 0 Å². The van der Waals surface area contributed by atoms with Crippen LogP contribution in [0.1, 0.15) is 33.6 Å². The van der Waals surface area contributed by atoms with E-state index >= 15 is 0 Å². The van der Waals surface area contributed by atoms with Crippen molar-refractivity contribution in [2.75, 3.05) is 20.3 Å². The van der Waals surface area contributed by atoms with Gasteiger partial charge in [0.05, 0.1) is 19.6 Å². The van der Waals surface area contributed by atoms with E-state index in [0.717, 1.165) is 13.0 Å². The molecule has 94 valence electrons. The lowest BCUT2D eigenvalue weighted by Gasteiger charge is -2.52. The molecule has 16 heavy (non-hydrogen) atoms. The van der Waals surface area contributed by atoms with Crippen LogP contribution in [-0.4, -0.2) is 38.4 Å². The molecule has 1 saturated carbocycles. The molecule has 1 N–H and O–H groups in total. The molecule has 0 radical (unpaired) electrons. The van der Waals surface area contributed by atoms with Crippen LogP contribution in [-0.2, 0) is 14.3 Å². The molecule has 1 rings (SSSR count). The summed E-state index contributed by atoms with van der Waals surface area (Å²) in [5, 5.41) is 3.38. The summed E-state index contributed by atoms with van der Waals surface area (Å²) in [5.41, 5.74) is 0.159. The first kappa shape index (κ1) is 13.5. The second-order valence-corrected chi connectivity index (χ2v) is 4.83. The monoisotopic (exact) mass is 229 g/mol. The van der Waals surface area contributed by atoms with Gasteiger partial charge in [0.25, 0.3) is 0 Å². The van der Waals surface area contributed by atoms with Crippen LogP contribution in [0.5, 0.6) is 0 Å². The van der Waals surface area contributed by atoms with Crippen molar-refractivity contribution in [3.05, 3.63) is 0 Å². The van der Waals surface area contributed by atoms with Crippen LogP contribution in [0.25, 0.3) is 0 Å². The average molecular weight is 229 g/mol. The van der Waals surface area contributed by atoms with E-state index in [1.807, 2.05) is 6.92 Å². The van der Waals surface area contributed by atoms with Crippen molar-refractivity contribution in [2.45, 2.75) is 45.8 Å². The van der Waals surface area contributed by atoms with Gasteiger partial charge in [0.2, 0.25) is 0 Å². The molecule has 1 aliphatic carbocycles. The van der Waals surface area contributed by atoms with Gasteiger partial charge in [-0.25, -0.2) is 0 Å². The van der Waals surface area contributed by atoms with Gasteiger partial charge in [-0.15, -0.1) is 0 Å². The molecule has 4 heteroatoms. The fourth-order valence-electron chi connectivity index (χ4n) is 2.17. The van der Waals surface area contributed by atoms with Gasteiger partial charge in [0.1, 0.15) is 0 Å². The topological polar surface area (TPSA) is 47.6 Å². The highest BCUT2D eigenvalue weighted by molar-refractivity contribution is 5.69. The van der Waals surface area contributed by atoms with Crippen LogP contribution in [0.15, 0.2) is 0 Å². The first-order valence-corrected chi connectivity index (χ1v) is 5.94. The van der Waals surface area contributed by atoms with Crippen molar-refractivity contribution in [2.24, 2.45) is 5.41 Å². The quantitative estimate of drug-likeness (QED) is 0.698. The molecule has 1 fully saturated rings. The summed E-state index contributed by atoms with van der Waals surface area (Å²) in [6.07, 6.45) is 1.80. The molecular formula is C12H23NO3. The van der Waals surface area contributed by atoms with Gasteiger partial charge in [-0.05, 0) is 13.3 Å². The Morgan fingerprint density at radius 1 is 1.50 bits per heavy atom. The van der Waals surface area contributed by atoms with Crippen LogP contribution < -0.4 is 5.32 Å². The summed E-state index contributed by atoms with van der Waals surface area (Å²) in [6, 6.07) is 0.439. The molecule has 0 aromatic carbocycles. The van der Waals surface area contributed by atoms with E-state index in [0.29, 0.717) is 25.1 Å². The first-order valence-electron chi connectivity index (χ1n) is 5.94. The Balaban J connectivity index is 2.23. The molecule has 1 aliphatic rings. The minimum atomic E-state index is -0.161. The van der Waals surface area contributed by atoms with Crippen molar-refractivity contribution in [1.29, 1.82) is 0 Å². The first-order chi connectivity index (χ1) is 7.52. The Bertz CT molecular complexity index is 240. The normalized spacial score (nSPS) is 27.2. The summed E-state index contributed by atoms with van der Waals surface area (Å²) < 4.78 is 10.2. The number of carbonyl (C=O) groups is 1. The molecule has 0 bridgehead atoms. The zero-order valence-electron chi connectivity index (χ0n) is 10.7. The second-order valence-electron chi connectivity index (χ2n) is 4.83. The van der Waals surface area contributed by atoms with Crippen LogP contribution in [0.2, 0.25) is 0 Å². The number of esters is 1. The minimum absolute atomic E-state index is 0.159. The SMILES string of the molecule is CCOC1CC(NCCC(=O)OC)C1(C)C. The number of nitrogens with one attached hydrogen (secondary N) is 1. The lowest BCUT2D eigenvalue weighted by atomic mass is 9.64. The smallest absolute Gasteiger partial charge is 0.306 e. The summed E-state index contributed by atoms with van der Waals surface area (Å²) in [7, 11) is 1.42. The molecular weight excluding hydrogens is 206 g/mol. The maximum atomic E-state index is 10.9. The van der Waals surface area contributed by atoms with E-state index in [2.05, 4.69) is 23.9 Å². The molecule has 2 atom stereocenters. The number of ether oxygens (including phenoxy) is 2. The van der Waals surface area contributed by atoms with E-state index in [9.17, 15) is 4.79 Å². The summed E-state index contributed by atoms with van der Waals surface area (Å²) >= 11 is 0. The Labute approximate surface area is 97.7 Å². The Hall–Kier alpha value is -0.610. The fourth-order valence-corrected chi connectivity index (χ4v) is 2.17. The molecule has 0 aliphatic heterocycles. The third-order valence-electron chi connectivity index (χ3n) is 3.49. The van der Waals surface area contributed by atoms with Gasteiger partial charge in [-0.3, -0.25) is 4.79 Å². The third-order valence-corrected chi connectivity index (χ3v) is 3.49. The lowest BCUT2D eigenvalue weighted by molar-refractivity contribution is -0.141.